The Morgan fingerprint density at radius 3 is 1.25 bits per heavy atom. The summed E-state index contributed by atoms with van der Waals surface area (Å²) in [5, 5.41) is 4.81. The molecule has 0 saturated carbocycles. The first-order valence-electron chi connectivity index (χ1n) is 23.2. The molecule has 0 aliphatic heterocycles. The third-order valence-corrected chi connectivity index (χ3v) is 12.8. The Labute approximate surface area is 397 Å². The molecule has 0 spiro atoms. The molecule has 12 aromatic rings. The van der Waals surface area contributed by atoms with Gasteiger partial charge in [-0.05, 0) is 149 Å². The van der Waals surface area contributed by atoms with Gasteiger partial charge < -0.3 is 19.3 Å². The Balaban J connectivity index is 1.07. The maximum atomic E-state index is 2.41. The first-order chi connectivity index (χ1) is 33.7. The fourth-order valence-corrected chi connectivity index (χ4v) is 9.77. The standard InChI is InChI=1S/C64H46N4/c1-6-24-51(25-7-1)65(52-26-8-2-9-27-52)59-43-50(44-60(45-59)66(53-28-10-3-11-29-53)54-30-12-4-13-31-54)49-23-20-34-56(42-49)67(57-38-37-47-21-16-17-22-48(47)41-57)58-39-40-64-62(46-58)61-35-18-19-36-63(61)68(64)55-32-14-5-15-33-55/h1-46H. The maximum absolute atomic E-state index is 2.41. The van der Waals surface area contributed by atoms with Crippen molar-refractivity contribution in [1.29, 1.82) is 0 Å². The molecule has 4 nitrogen and oxygen atoms in total. The van der Waals surface area contributed by atoms with Crippen LogP contribution in [-0.2, 0) is 0 Å². The van der Waals surface area contributed by atoms with Gasteiger partial charge in [-0.1, -0.05) is 152 Å². The van der Waals surface area contributed by atoms with Crippen molar-refractivity contribution in [2.45, 2.75) is 0 Å². The zero-order valence-corrected chi connectivity index (χ0v) is 37.3. The summed E-state index contributed by atoms with van der Waals surface area (Å²) < 4.78 is 2.38. The van der Waals surface area contributed by atoms with E-state index in [-0.39, 0.29) is 0 Å². The van der Waals surface area contributed by atoms with Crippen molar-refractivity contribution in [3.05, 3.63) is 279 Å². The summed E-state index contributed by atoms with van der Waals surface area (Å²) in [7, 11) is 0. The first-order valence-corrected chi connectivity index (χ1v) is 23.2. The van der Waals surface area contributed by atoms with Crippen molar-refractivity contribution >= 4 is 83.8 Å². The van der Waals surface area contributed by atoms with Crippen LogP contribution in [0.1, 0.15) is 0 Å². The predicted molar refractivity (Wildman–Crippen MR) is 288 cm³/mol. The van der Waals surface area contributed by atoms with E-state index in [0.717, 1.165) is 68.0 Å². The van der Waals surface area contributed by atoms with Crippen molar-refractivity contribution in [1.82, 2.24) is 4.57 Å². The van der Waals surface area contributed by atoms with E-state index in [9.17, 15) is 0 Å². The van der Waals surface area contributed by atoms with Crippen molar-refractivity contribution in [2.75, 3.05) is 14.7 Å². The average Bonchev–Trinajstić information content (AvgIpc) is 3.74. The number of aromatic nitrogens is 1. The lowest BCUT2D eigenvalue weighted by atomic mass is 10.0. The Bertz CT molecular complexity index is 3500. The third-order valence-electron chi connectivity index (χ3n) is 12.8. The largest absolute Gasteiger partial charge is 0.310 e. The van der Waals surface area contributed by atoms with Crippen molar-refractivity contribution < 1.29 is 0 Å². The van der Waals surface area contributed by atoms with E-state index in [1.165, 1.54) is 32.6 Å². The third kappa shape index (κ3) is 7.60. The van der Waals surface area contributed by atoms with Gasteiger partial charge in [-0.25, -0.2) is 0 Å². The lowest BCUT2D eigenvalue weighted by molar-refractivity contribution is 1.18. The van der Waals surface area contributed by atoms with E-state index in [4.69, 9.17) is 0 Å². The summed E-state index contributed by atoms with van der Waals surface area (Å²) >= 11 is 0. The zero-order valence-electron chi connectivity index (χ0n) is 37.3. The molecule has 4 heteroatoms. The molecule has 12 rings (SSSR count). The second-order valence-electron chi connectivity index (χ2n) is 17.1. The molecular formula is C64H46N4. The van der Waals surface area contributed by atoms with Gasteiger partial charge in [-0.3, -0.25) is 0 Å². The fraction of sp³-hybridized carbons (Fsp3) is 0. The molecule has 11 aromatic carbocycles. The molecule has 0 saturated heterocycles. The highest BCUT2D eigenvalue weighted by molar-refractivity contribution is 6.11. The smallest absolute Gasteiger partial charge is 0.0542 e. The van der Waals surface area contributed by atoms with Gasteiger partial charge in [0.1, 0.15) is 0 Å². The molecule has 0 amide bonds. The van der Waals surface area contributed by atoms with Gasteiger partial charge in [-0.15, -0.1) is 0 Å². The van der Waals surface area contributed by atoms with Crippen molar-refractivity contribution in [3.8, 4) is 16.8 Å². The normalized spacial score (nSPS) is 11.2. The minimum Gasteiger partial charge on any atom is -0.310 e. The average molecular weight is 871 g/mol. The Kier molecular flexibility index (Phi) is 10.5. The van der Waals surface area contributed by atoms with Gasteiger partial charge in [-0.2, -0.15) is 0 Å². The van der Waals surface area contributed by atoms with Gasteiger partial charge in [0, 0.05) is 67.6 Å². The zero-order chi connectivity index (χ0) is 45.2. The highest BCUT2D eigenvalue weighted by atomic mass is 15.2. The van der Waals surface area contributed by atoms with Gasteiger partial charge in [0.05, 0.1) is 11.0 Å². The number of rotatable bonds is 11. The summed E-state index contributed by atoms with van der Waals surface area (Å²) in [5.41, 5.74) is 15.3. The van der Waals surface area contributed by atoms with Crippen LogP contribution in [0.5, 0.6) is 0 Å². The highest BCUT2D eigenvalue weighted by Crippen LogP contribution is 2.45. The number of nitrogens with zero attached hydrogens (tertiary/aromatic N) is 4. The van der Waals surface area contributed by atoms with Crippen LogP contribution in [0.4, 0.5) is 51.2 Å². The van der Waals surface area contributed by atoms with E-state index in [0.29, 0.717) is 0 Å². The molecule has 68 heavy (non-hydrogen) atoms. The molecule has 0 unspecified atom stereocenters. The van der Waals surface area contributed by atoms with Crippen LogP contribution in [0.2, 0.25) is 0 Å². The van der Waals surface area contributed by atoms with Crippen LogP contribution in [0, 0.1) is 0 Å². The van der Waals surface area contributed by atoms with Crippen LogP contribution in [0.25, 0.3) is 49.4 Å². The van der Waals surface area contributed by atoms with Gasteiger partial charge in [0.15, 0.2) is 0 Å². The molecule has 0 atom stereocenters. The minimum atomic E-state index is 1.05. The summed E-state index contributed by atoms with van der Waals surface area (Å²) in [6.45, 7) is 0. The summed E-state index contributed by atoms with van der Waals surface area (Å²) in [5.74, 6) is 0. The van der Waals surface area contributed by atoms with Gasteiger partial charge in [0.25, 0.3) is 0 Å². The van der Waals surface area contributed by atoms with Crippen LogP contribution >= 0.6 is 0 Å². The van der Waals surface area contributed by atoms with E-state index < -0.39 is 0 Å². The maximum Gasteiger partial charge on any atom is 0.0542 e. The predicted octanol–water partition coefficient (Wildman–Crippen LogP) is 18.0. The van der Waals surface area contributed by atoms with Gasteiger partial charge >= 0.3 is 0 Å². The van der Waals surface area contributed by atoms with Crippen molar-refractivity contribution in [2.24, 2.45) is 0 Å². The summed E-state index contributed by atoms with van der Waals surface area (Å²) in [6, 6.07) is 100. The molecule has 0 aliphatic carbocycles. The Morgan fingerprint density at radius 1 is 0.221 bits per heavy atom. The summed E-state index contributed by atoms with van der Waals surface area (Å²) in [4.78, 5) is 7.12. The number of anilines is 9. The Morgan fingerprint density at radius 2 is 0.647 bits per heavy atom. The number of benzene rings is 11. The Hall–Kier alpha value is -9.12. The minimum absolute atomic E-state index is 1.05. The van der Waals surface area contributed by atoms with E-state index in [1.807, 2.05) is 0 Å². The van der Waals surface area contributed by atoms with Crippen LogP contribution < -0.4 is 14.7 Å². The number of fused-ring (bicyclic) bond motifs is 4. The van der Waals surface area contributed by atoms with E-state index in [2.05, 4.69) is 298 Å². The molecule has 0 N–H and O–H groups in total. The van der Waals surface area contributed by atoms with Gasteiger partial charge in [0.2, 0.25) is 0 Å². The van der Waals surface area contributed by atoms with Crippen LogP contribution in [0.15, 0.2) is 279 Å². The summed E-state index contributed by atoms with van der Waals surface area (Å²) in [6.07, 6.45) is 0. The molecule has 1 heterocycles. The number of hydrogen-bond donors (Lipinski definition) is 0. The second-order valence-corrected chi connectivity index (χ2v) is 17.1. The van der Waals surface area contributed by atoms with Crippen LogP contribution in [0.3, 0.4) is 0 Å². The number of hydrogen-bond acceptors (Lipinski definition) is 3. The highest BCUT2D eigenvalue weighted by Gasteiger charge is 2.22. The lowest BCUT2D eigenvalue weighted by Crippen LogP contribution is -2.13. The monoisotopic (exact) mass is 870 g/mol. The van der Waals surface area contributed by atoms with E-state index in [1.54, 1.807) is 0 Å². The quantitative estimate of drug-likeness (QED) is 0.129. The first kappa shape index (κ1) is 40.4. The second kappa shape index (κ2) is 17.7. The molecule has 0 radical (unpaired) electrons. The molecule has 1 aromatic heterocycles. The van der Waals surface area contributed by atoms with Crippen molar-refractivity contribution in [3.63, 3.8) is 0 Å². The molecule has 322 valence electrons. The topological polar surface area (TPSA) is 14.7 Å². The fourth-order valence-electron chi connectivity index (χ4n) is 9.77. The van der Waals surface area contributed by atoms with E-state index >= 15 is 0 Å². The molecule has 0 fully saturated rings. The molecule has 0 aliphatic rings. The molecular weight excluding hydrogens is 825 g/mol. The SMILES string of the molecule is c1ccc(N(c2ccccc2)c2cc(-c3cccc(N(c4ccc5ccccc5c4)c4ccc5c(c4)c4ccccc4n5-c4ccccc4)c3)cc(N(c3ccccc3)c3ccccc3)c2)cc1. The number of para-hydroxylation sites is 6. The molecule has 0 bridgehead atoms. The lowest BCUT2D eigenvalue weighted by Gasteiger charge is -2.30. The van der Waals surface area contributed by atoms with Crippen LogP contribution in [-0.4, -0.2) is 4.57 Å².